The molecule has 25 heteroatoms. The molecule has 4 aromatic carbocycles. The van der Waals surface area contributed by atoms with Crippen molar-refractivity contribution in [2.45, 2.75) is 312 Å². The van der Waals surface area contributed by atoms with E-state index in [0.717, 1.165) is 116 Å². The molecule has 3 heterocycles. The normalized spacial score (nSPS) is 41.8. The number of halogens is 4. The van der Waals surface area contributed by atoms with Crippen molar-refractivity contribution in [1.82, 2.24) is 0 Å². The van der Waals surface area contributed by atoms with E-state index >= 15 is 0 Å². The summed E-state index contributed by atoms with van der Waals surface area (Å²) in [4.78, 5) is 112. The maximum Gasteiger partial charge on any atom is 0.377 e. The fourth-order valence-corrected chi connectivity index (χ4v) is 37.4. The molecule has 137 heavy (non-hydrogen) atoms. The molecule has 4 aromatic rings. The minimum atomic E-state index is -3.59. The first-order chi connectivity index (χ1) is 65.5. The lowest BCUT2D eigenvalue weighted by Gasteiger charge is -2.65. The minimum absolute atomic E-state index is 0.0146. The lowest BCUT2D eigenvalue weighted by Crippen LogP contribution is -2.70. The van der Waals surface area contributed by atoms with Crippen LogP contribution in [0.2, 0.25) is 0 Å². The summed E-state index contributed by atoms with van der Waals surface area (Å²) in [6, 6.07) is 41.4. The van der Waals surface area contributed by atoms with Crippen molar-refractivity contribution >= 4 is 69.2 Å². The first-order valence-corrected chi connectivity index (χ1v) is 55.2. The maximum atomic E-state index is 14.0. The molecule has 0 radical (unpaired) electrons. The molecule has 0 aromatic heterocycles. The zero-order valence-corrected chi connectivity index (χ0v) is 82.1. The van der Waals surface area contributed by atoms with Crippen molar-refractivity contribution in [3.8, 4) is 0 Å². The van der Waals surface area contributed by atoms with Crippen LogP contribution < -0.4 is 0 Å². The summed E-state index contributed by atoms with van der Waals surface area (Å²) >= 11 is 0. The Balaban J connectivity index is 0.000000118. The highest BCUT2D eigenvalue weighted by Gasteiger charge is 2.72. The number of alkyl halides is 4. The van der Waals surface area contributed by atoms with Gasteiger partial charge in [0.25, 0.3) is 0 Å². The molecule has 31 rings (SSSR count). The Bertz CT molecular complexity index is 4950. The Hall–Kier alpha value is -6.74. The maximum absolute atomic E-state index is 14.0. The summed E-state index contributed by atoms with van der Waals surface area (Å²) in [7, 11) is 0.417. The molecule has 3 aliphatic heterocycles. The first-order valence-electron chi connectivity index (χ1n) is 52.4. The van der Waals surface area contributed by atoms with Crippen LogP contribution in [0.1, 0.15) is 246 Å². The van der Waals surface area contributed by atoms with Gasteiger partial charge in [0.1, 0.15) is 59.7 Å². The van der Waals surface area contributed by atoms with Gasteiger partial charge in [-0.1, -0.05) is 87.5 Å². The van der Waals surface area contributed by atoms with Gasteiger partial charge in [0.15, 0.2) is 31.2 Å². The van der Waals surface area contributed by atoms with Crippen molar-refractivity contribution in [3.63, 3.8) is 0 Å². The van der Waals surface area contributed by atoms with Gasteiger partial charge in [0.05, 0.1) is 72.2 Å². The lowest BCUT2D eigenvalue weighted by atomic mass is 9.49. The molecule has 24 bridgehead atoms. The smallest absolute Gasteiger partial charge is 0.377 e. The third-order valence-corrected chi connectivity index (χ3v) is 42.5. The lowest BCUT2D eigenvalue weighted by molar-refractivity contribution is -0.402. The Morgan fingerprint density at radius 3 is 0.964 bits per heavy atom. The number of benzene rings is 4. The van der Waals surface area contributed by atoms with Crippen LogP contribution in [0.3, 0.4) is 0 Å². The molecule has 740 valence electrons. The molecule has 2 spiro atoms. The van der Waals surface area contributed by atoms with E-state index in [1.54, 1.807) is 0 Å². The van der Waals surface area contributed by atoms with E-state index in [9.17, 15) is 55.9 Å². The van der Waals surface area contributed by atoms with Gasteiger partial charge in [-0.25, -0.2) is 9.59 Å². The summed E-state index contributed by atoms with van der Waals surface area (Å²) < 4.78 is 125. The Morgan fingerprint density at radius 2 is 0.657 bits per heavy atom. The van der Waals surface area contributed by atoms with E-state index in [2.05, 4.69) is 136 Å². The number of rotatable bonds is 20. The number of hydrogen-bond acceptors (Lipinski definition) is 19. The molecule has 12 atom stereocenters. The van der Waals surface area contributed by atoms with Gasteiger partial charge in [-0.3, -0.25) is 28.8 Å². The first kappa shape index (κ1) is 95.1. The van der Waals surface area contributed by atoms with Crippen molar-refractivity contribution in [3.05, 3.63) is 121 Å². The Kier molecular flexibility index (Phi) is 25.2. The third-order valence-electron chi connectivity index (χ3n) is 38.0. The van der Waals surface area contributed by atoms with Gasteiger partial charge >= 0.3 is 47.7 Å². The zero-order valence-electron chi connectivity index (χ0n) is 80.5. The quantitative estimate of drug-likeness (QED) is 0.0346. The molecular weight excluding hydrogens is 1790 g/mol. The monoisotopic (exact) mass is 1930 g/mol. The highest BCUT2D eigenvalue weighted by atomic mass is 32.2. The number of carbonyl (C=O) groups excluding carboxylic acids is 8. The predicted octanol–water partition coefficient (Wildman–Crippen LogP) is 20.2. The molecule has 0 N–H and O–H groups in total. The van der Waals surface area contributed by atoms with Crippen molar-refractivity contribution in [2.24, 2.45) is 140 Å². The molecule has 27 fully saturated rings. The number of carbonyl (C=O) groups is 8. The van der Waals surface area contributed by atoms with E-state index in [1.165, 1.54) is 75.2 Å². The predicted molar refractivity (Wildman–Crippen MR) is 500 cm³/mol. The van der Waals surface area contributed by atoms with Crippen LogP contribution in [-0.4, -0.2) is 159 Å². The molecule has 27 aliphatic rings. The number of esters is 6. The zero-order chi connectivity index (χ0) is 94.8. The minimum Gasteiger partial charge on any atom is -0.465 e. The second kappa shape index (κ2) is 36.2. The number of ether oxygens (including phenoxy) is 11. The summed E-state index contributed by atoms with van der Waals surface area (Å²) in [5.41, 5.74) is -2.30. The van der Waals surface area contributed by atoms with Crippen LogP contribution in [0.15, 0.2) is 135 Å². The average molecular weight is 1930 g/mol. The highest BCUT2D eigenvalue weighted by molar-refractivity contribution is 7.97. The van der Waals surface area contributed by atoms with Crippen LogP contribution in [0.4, 0.5) is 17.6 Å². The van der Waals surface area contributed by atoms with Crippen LogP contribution >= 0.6 is 0 Å². The average Bonchev–Trinajstić information content (AvgIpc) is 0.700. The van der Waals surface area contributed by atoms with Crippen LogP contribution in [0.5, 0.6) is 0 Å². The van der Waals surface area contributed by atoms with Crippen molar-refractivity contribution < 1.29 is 108 Å². The SMILES string of the molecule is CC(C)(C)c1ccc([S+]2CCOCC2)cc1.CC(F)(F)C(=O)OC12CC3CC(C1)C1(OCC(COC(=O)C45CC6CC(C4)C(=O)C(C6)C5)C(COC(=O)C45CC6CC(C4)C(=O)C(C6)C5)O1)C(C3)C2.CC(F)(F)C(=O)OC12CC3CC(C1)C1(OCC(COC(=O)C45CC6CC(CC(C6)C4)C5)C(COC(=O)C45CC6CC(CC(C6)C4)C5)O1)C(C3)C2.c1ccc([S+](c2ccccc2)c2ccccc2)cc1. The molecular formula is C112H140F4O19S2+2. The standard InChI is InChI=1S/C40H50F2O10.C40H54F2O8.C18H15S.C14H21OS/c1-36(41,42)33(45)52-39-10-22-6-28(15-39)40(29(7-22)16-39)50-18-27(17-48-34(46)37-8-20-2-23(11-37)31(43)24(3-20)12-37)30(51-40)19-49-35(47)38-9-21-4-25(13-38)32(44)26(5-21)14-38;1-36(41,42)33(43)50-39-16-28-8-30(17-39)40(31(9-28)18-39)48-20-29(19-46-34(44)37-10-22-2-23(11-37)4-24(3-22)12-37)32(49-40)21-47-35(45)38-13-25-5-26(14-38)7-27(6-25)15-38;1-4-10-16(11-5-1)19(17-12-6-2-7-13-17)18-14-8-3-9-15-18;1-14(2,3)12-4-6-13(7-5-12)16-10-8-15-9-11-16/h20-30H,2-19H2,1H3;22-32H,2-21H2,1H3;1-15H;4-7H,8-11H2,1-3H3/q;;2*+1. The molecule has 0 amide bonds. The summed E-state index contributed by atoms with van der Waals surface area (Å²) in [6.07, 6.45) is 24.7. The van der Waals surface area contributed by atoms with Gasteiger partial charge in [0, 0.05) is 83.9 Å². The van der Waals surface area contributed by atoms with Gasteiger partial charge in [-0.2, -0.15) is 17.6 Å². The molecule has 12 unspecified atom stereocenters. The van der Waals surface area contributed by atoms with E-state index in [-0.39, 0.29) is 144 Å². The second-order valence-corrected chi connectivity index (χ2v) is 53.2. The Morgan fingerprint density at radius 1 is 0.365 bits per heavy atom. The van der Waals surface area contributed by atoms with Crippen molar-refractivity contribution in [1.29, 1.82) is 0 Å². The number of hydrogen-bond donors (Lipinski definition) is 0. The van der Waals surface area contributed by atoms with Crippen molar-refractivity contribution in [2.75, 3.05) is 64.4 Å². The largest absolute Gasteiger partial charge is 0.465 e. The van der Waals surface area contributed by atoms with Crippen LogP contribution in [0.25, 0.3) is 0 Å². The summed E-state index contributed by atoms with van der Waals surface area (Å²) in [5.74, 6) is -6.61. The van der Waals surface area contributed by atoms with Gasteiger partial charge in [-0.05, 0) is 324 Å². The fraction of sp³-hybridized carbons (Fsp3) is 0.714. The van der Waals surface area contributed by atoms with Gasteiger partial charge in [-0.15, -0.1) is 0 Å². The topological polar surface area (TPSA) is 238 Å². The molecule has 3 saturated heterocycles. The third kappa shape index (κ3) is 18.2. The fourth-order valence-electron chi connectivity index (χ4n) is 33.5. The number of ketones is 2. The van der Waals surface area contributed by atoms with E-state index in [4.69, 9.17) is 52.1 Å². The summed E-state index contributed by atoms with van der Waals surface area (Å²) in [6.45, 7) is 10.5. The molecule has 24 saturated carbocycles. The number of Topliss-reactive ketones (excluding diaryl/α,β-unsaturated/α-hetero) is 2. The molecule has 19 nitrogen and oxygen atoms in total. The van der Waals surface area contributed by atoms with Gasteiger partial charge < -0.3 is 52.1 Å². The molecule has 24 aliphatic carbocycles. The van der Waals surface area contributed by atoms with E-state index < -0.39 is 80.9 Å². The highest BCUT2D eigenvalue weighted by Crippen LogP contribution is 2.69. The Labute approximate surface area is 809 Å². The van der Waals surface area contributed by atoms with E-state index in [1.807, 2.05) is 0 Å². The van der Waals surface area contributed by atoms with Crippen LogP contribution in [0, 0.1) is 140 Å². The van der Waals surface area contributed by atoms with E-state index in [0.29, 0.717) is 154 Å². The second-order valence-electron chi connectivity index (χ2n) is 48.9. The summed E-state index contributed by atoms with van der Waals surface area (Å²) in [5, 5.41) is 0. The van der Waals surface area contributed by atoms with Gasteiger partial charge in [0.2, 0.25) is 0 Å². The van der Waals surface area contributed by atoms with Crippen LogP contribution in [-0.2, 0) is 118 Å².